The second-order valence-electron chi connectivity index (χ2n) is 5.58. The third-order valence-electron chi connectivity index (χ3n) is 3.92. The first kappa shape index (κ1) is 17.0. The zero-order chi connectivity index (χ0) is 19.0. The van der Waals surface area contributed by atoms with Gasteiger partial charge in [-0.2, -0.15) is 0 Å². The number of rotatable bonds is 5. The zero-order valence-corrected chi connectivity index (χ0v) is 15.3. The van der Waals surface area contributed by atoms with Crippen LogP contribution in [0, 0.1) is 0 Å². The van der Waals surface area contributed by atoms with Crippen molar-refractivity contribution in [3.05, 3.63) is 39.9 Å². The average Bonchev–Trinajstić information content (AvgIpc) is 3.24. The van der Waals surface area contributed by atoms with E-state index in [2.05, 4.69) is 25.3 Å². The van der Waals surface area contributed by atoms with Crippen LogP contribution in [0.25, 0.3) is 21.3 Å². The van der Waals surface area contributed by atoms with Gasteiger partial charge in [-0.1, -0.05) is 11.3 Å². The molecule has 3 aromatic heterocycles. The highest BCUT2D eigenvalue weighted by Crippen LogP contribution is 2.34. The van der Waals surface area contributed by atoms with Crippen LogP contribution in [0.2, 0.25) is 0 Å². The maximum atomic E-state index is 12.0. The number of nitrogens with one attached hydrogen (secondary N) is 3. The van der Waals surface area contributed by atoms with Gasteiger partial charge in [0.15, 0.2) is 0 Å². The summed E-state index contributed by atoms with van der Waals surface area (Å²) in [5, 5.41) is 3.82. The summed E-state index contributed by atoms with van der Waals surface area (Å²) in [7, 11) is 1.54. The van der Waals surface area contributed by atoms with Crippen molar-refractivity contribution in [2.45, 2.75) is 6.92 Å². The molecule has 0 aliphatic carbocycles. The Labute approximate surface area is 156 Å². The van der Waals surface area contributed by atoms with Gasteiger partial charge in [-0.3, -0.25) is 4.79 Å². The first-order valence-electron chi connectivity index (χ1n) is 8.07. The largest absolute Gasteiger partial charge is 0.494 e. The second kappa shape index (κ2) is 6.72. The lowest BCUT2D eigenvalue weighted by Gasteiger charge is -2.11. The second-order valence-corrected chi connectivity index (χ2v) is 6.59. The van der Waals surface area contributed by atoms with Crippen LogP contribution in [0.5, 0.6) is 5.75 Å². The van der Waals surface area contributed by atoms with Crippen molar-refractivity contribution in [1.82, 2.24) is 19.9 Å². The quantitative estimate of drug-likeness (QED) is 0.452. The standard InChI is InChI=1S/C17H15N5O4S/c1-3-26-16(23)11-4-8-14(18-7-19-15(8)21-11)20-9-6-13-10(5-12(9)25-2)22-17(24)27-13/h4-7H,3H2,1-2H3,(H,22,24)(H2,18,19,20,21). The third-order valence-corrected chi connectivity index (χ3v) is 4.76. The summed E-state index contributed by atoms with van der Waals surface area (Å²) in [5.41, 5.74) is 2.13. The van der Waals surface area contributed by atoms with Crippen molar-refractivity contribution in [2.24, 2.45) is 0 Å². The van der Waals surface area contributed by atoms with E-state index in [9.17, 15) is 9.59 Å². The highest BCUT2D eigenvalue weighted by Gasteiger charge is 2.16. The number of carbonyl (C=O) groups excluding carboxylic acids is 1. The number of anilines is 2. The predicted molar refractivity (Wildman–Crippen MR) is 102 cm³/mol. The molecule has 0 bridgehead atoms. The molecule has 0 saturated carbocycles. The van der Waals surface area contributed by atoms with Gasteiger partial charge in [-0.05, 0) is 19.1 Å². The van der Waals surface area contributed by atoms with Crippen LogP contribution in [-0.4, -0.2) is 39.6 Å². The average molecular weight is 385 g/mol. The molecule has 27 heavy (non-hydrogen) atoms. The molecule has 0 unspecified atom stereocenters. The summed E-state index contributed by atoms with van der Waals surface area (Å²) in [4.78, 5) is 37.5. The number of hydrogen-bond acceptors (Lipinski definition) is 8. The summed E-state index contributed by atoms with van der Waals surface area (Å²) in [6.45, 7) is 2.02. The lowest BCUT2D eigenvalue weighted by atomic mass is 10.2. The van der Waals surface area contributed by atoms with Gasteiger partial charge in [0.2, 0.25) is 0 Å². The number of carbonyl (C=O) groups is 1. The molecule has 138 valence electrons. The molecule has 0 atom stereocenters. The van der Waals surface area contributed by atoms with E-state index in [1.165, 1.54) is 6.33 Å². The Morgan fingerprint density at radius 2 is 2.11 bits per heavy atom. The van der Waals surface area contributed by atoms with E-state index in [-0.39, 0.29) is 11.5 Å². The number of thiazole rings is 1. The Morgan fingerprint density at radius 3 is 2.89 bits per heavy atom. The zero-order valence-electron chi connectivity index (χ0n) is 14.5. The van der Waals surface area contributed by atoms with Gasteiger partial charge in [0, 0.05) is 6.07 Å². The van der Waals surface area contributed by atoms with Crippen LogP contribution in [0.4, 0.5) is 11.5 Å². The Kier molecular flexibility index (Phi) is 4.24. The first-order chi connectivity index (χ1) is 13.1. The molecule has 0 saturated heterocycles. The summed E-state index contributed by atoms with van der Waals surface area (Å²) in [5.74, 6) is 0.578. The molecule has 4 rings (SSSR count). The Hall–Kier alpha value is -3.40. The Bertz CT molecular complexity index is 1210. The highest BCUT2D eigenvalue weighted by molar-refractivity contribution is 7.16. The third kappa shape index (κ3) is 3.10. The minimum atomic E-state index is -0.461. The monoisotopic (exact) mass is 385 g/mol. The van der Waals surface area contributed by atoms with Gasteiger partial charge in [-0.25, -0.2) is 14.8 Å². The van der Waals surface area contributed by atoms with Gasteiger partial charge < -0.3 is 24.8 Å². The number of hydrogen-bond donors (Lipinski definition) is 3. The van der Waals surface area contributed by atoms with E-state index in [1.807, 2.05) is 6.07 Å². The van der Waals surface area contributed by atoms with Gasteiger partial charge in [0.25, 0.3) is 0 Å². The van der Waals surface area contributed by atoms with Gasteiger partial charge in [0.05, 0.1) is 35.0 Å². The molecule has 3 N–H and O–H groups in total. The minimum Gasteiger partial charge on any atom is -0.494 e. The van der Waals surface area contributed by atoms with Gasteiger partial charge in [-0.15, -0.1) is 0 Å². The maximum absolute atomic E-state index is 12.0. The number of H-pyrrole nitrogens is 2. The summed E-state index contributed by atoms with van der Waals surface area (Å²) < 4.78 is 11.2. The van der Waals surface area contributed by atoms with Crippen LogP contribution in [0.3, 0.4) is 0 Å². The minimum absolute atomic E-state index is 0.140. The smallest absolute Gasteiger partial charge is 0.354 e. The van der Waals surface area contributed by atoms with E-state index in [0.29, 0.717) is 39.5 Å². The van der Waals surface area contributed by atoms with E-state index in [4.69, 9.17) is 9.47 Å². The molecule has 0 radical (unpaired) electrons. The molecular formula is C17H15N5O4S. The van der Waals surface area contributed by atoms with Crippen LogP contribution < -0.4 is 14.9 Å². The molecule has 0 aliphatic rings. The van der Waals surface area contributed by atoms with E-state index >= 15 is 0 Å². The first-order valence-corrected chi connectivity index (χ1v) is 8.89. The van der Waals surface area contributed by atoms with E-state index in [0.717, 1.165) is 16.0 Å². The van der Waals surface area contributed by atoms with Crippen molar-refractivity contribution < 1.29 is 14.3 Å². The number of fused-ring (bicyclic) bond motifs is 2. The molecule has 3 heterocycles. The van der Waals surface area contributed by atoms with Crippen LogP contribution in [0.15, 0.2) is 29.3 Å². The van der Waals surface area contributed by atoms with Crippen molar-refractivity contribution in [1.29, 1.82) is 0 Å². The van der Waals surface area contributed by atoms with Gasteiger partial charge in [0.1, 0.15) is 29.2 Å². The molecule has 0 spiro atoms. The van der Waals surface area contributed by atoms with E-state index in [1.54, 1.807) is 26.2 Å². The molecule has 4 aromatic rings. The Balaban J connectivity index is 1.78. The topological polar surface area (TPSA) is 122 Å². The number of nitrogens with zero attached hydrogens (tertiary/aromatic N) is 2. The number of benzene rings is 1. The number of aromatic nitrogens is 4. The molecule has 0 aliphatic heterocycles. The predicted octanol–water partition coefficient (Wildman–Crippen LogP) is 2.79. The Morgan fingerprint density at radius 1 is 1.26 bits per heavy atom. The maximum Gasteiger partial charge on any atom is 0.354 e. The SMILES string of the molecule is CCOC(=O)c1cc2c(Nc3cc4sc(=O)[nH]c4cc3OC)ncnc2[nH]1. The molecule has 10 heteroatoms. The summed E-state index contributed by atoms with van der Waals surface area (Å²) in [6.07, 6.45) is 1.38. The molecule has 9 nitrogen and oxygen atoms in total. The van der Waals surface area contributed by atoms with Crippen LogP contribution in [0.1, 0.15) is 17.4 Å². The summed E-state index contributed by atoms with van der Waals surface area (Å²) >= 11 is 1.11. The fraction of sp³-hybridized carbons (Fsp3) is 0.176. The molecule has 0 amide bonds. The van der Waals surface area contributed by atoms with E-state index < -0.39 is 5.97 Å². The number of ether oxygens (including phenoxy) is 2. The van der Waals surface area contributed by atoms with Crippen molar-refractivity contribution >= 4 is 50.1 Å². The lowest BCUT2D eigenvalue weighted by molar-refractivity contribution is 0.0520. The fourth-order valence-corrected chi connectivity index (χ4v) is 3.49. The molecule has 1 aromatic carbocycles. The lowest BCUT2D eigenvalue weighted by Crippen LogP contribution is -2.04. The van der Waals surface area contributed by atoms with Crippen molar-refractivity contribution in [3.8, 4) is 5.75 Å². The number of methoxy groups -OCH3 is 1. The van der Waals surface area contributed by atoms with Crippen LogP contribution >= 0.6 is 11.3 Å². The number of esters is 1. The number of aromatic amines is 2. The molecular weight excluding hydrogens is 370 g/mol. The van der Waals surface area contributed by atoms with Crippen LogP contribution in [-0.2, 0) is 4.74 Å². The normalized spacial score (nSPS) is 11.0. The fourth-order valence-electron chi connectivity index (χ4n) is 2.73. The van der Waals surface area contributed by atoms with Crippen molar-refractivity contribution in [2.75, 3.05) is 19.0 Å². The van der Waals surface area contributed by atoms with Gasteiger partial charge >= 0.3 is 10.8 Å². The van der Waals surface area contributed by atoms with Crippen molar-refractivity contribution in [3.63, 3.8) is 0 Å². The summed E-state index contributed by atoms with van der Waals surface area (Å²) in [6, 6.07) is 5.19. The molecule has 0 fully saturated rings. The highest BCUT2D eigenvalue weighted by atomic mass is 32.1.